The van der Waals surface area contributed by atoms with E-state index in [2.05, 4.69) is 55.4 Å². The van der Waals surface area contributed by atoms with Gasteiger partial charge in [-0.15, -0.1) is 0 Å². The first kappa shape index (κ1) is 30.3. The minimum absolute atomic E-state index is 0.163. The third-order valence-corrected chi connectivity index (χ3v) is 7.63. The molecule has 0 aromatic rings. The van der Waals surface area contributed by atoms with Crippen molar-refractivity contribution in [3.63, 3.8) is 0 Å². The molecule has 0 saturated heterocycles. The zero-order valence-corrected chi connectivity index (χ0v) is 23.4. The molecular weight excluding hydrogens is 456 g/mol. The molecule has 0 aliphatic rings. The van der Waals surface area contributed by atoms with Gasteiger partial charge in [0.1, 0.15) is 4.32 Å². The molecule has 0 bridgehead atoms. The second-order valence-corrected chi connectivity index (χ2v) is 13.3. The largest absolute Gasteiger partial charge is 0.465 e. The monoisotopic (exact) mass is 506 g/mol. The van der Waals surface area contributed by atoms with Crippen LogP contribution in [0.2, 0.25) is 0 Å². The molecule has 0 spiro atoms. The number of thioether (sulfide) groups is 1. The van der Waals surface area contributed by atoms with Crippen LogP contribution in [0.5, 0.6) is 0 Å². The first-order chi connectivity index (χ1) is 14.1. The van der Waals surface area contributed by atoms with Gasteiger partial charge in [0.2, 0.25) is 0 Å². The Morgan fingerprint density at radius 3 is 2.07 bits per heavy atom. The van der Waals surface area contributed by atoms with E-state index in [4.69, 9.17) is 4.74 Å². The van der Waals surface area contributed by atoms with Crippen LogP contribution in [-0.2, 0) is 9.53 Å². The fraction of sp³-hybridized carbons (Fsp3) is 0.962. The summed E-state index contributed by atoms with van der Waals surface area (Å²) in [5, 5.41) is 0. The maximum Gasteiger partial charge on any atom is 0.322 e. The van der Waals surface area contributed by atoms with Gasteiger partial charge < -0.3 is 4.74 Å². The lowest BCUT2D eigenvalue weighted by atomic mass is 9.71. The fourth-order valence-electron chi connectivity index (χ4n) is 4.12. The Bertz CT molecular complexity index is 418. The molecule has 0 aliphatic carbocycles. The van der Waals surface area contributed by atoms with Gasteiger partial charge in [-0.3, -0.25) is 4.79 Å². The van der Waals surface area contributed by atoms with Crippen LogP contribution in [0.3, 0.4) is 0 Å². The molecule has 0 N–H and O–H groups in total. The molecule has 0 aromatic carbocycles. The van der Waals surface area contributed by atoms with Crippen molar-refractivity contribution in [2.45, 2.75) is 129 Å². The molecule has 0 fully saturated rings. The normalized spacial score (nSPS) is 13.4. The minimum Gasteiger partial charge on any atom is -0.465 e. The smallest absolute Gasteiger partial charge is 0.322 e. The number of esters is 1. The molecule has 4 heteroatoms. The molecule has 0 amide bonds. The Labute approximate surface area is 201 Å². The zero-order chi connectivity index (χ0) is 22.9. The summed E-state index contributed by atoms with van der Waals surface area (Å²) in [7, 11) is 0. The Kier molecular flexibility index (Phi) is 18.0. The van der Waals surface area contributed by atoms with E-state index in [1.165, 1.54) is 82.1 Å². The summed E-state index contributed by atoms with van der Waals surface area (Å²) in [5.74, 6) is 3.31. The van der Waals surface area contributed by atoms with Gasteiger partial charge in [0.25, 0.3) is 0 Å². The Morgan fingerprint density at radius 1 is 0.833 bits per heavy atom. The van der Waals surface area contributed by atoms with E-state index in [0.717, 1.165) is 18.8 Å². The van der Waals surface area contributed by atoms with Gasteiger partial charge in [0.05, 0.1) is 6.61 Å². The van der Waals surface area contributed by atoms with Gasteiger partial charge in [-0.2, -0.15) is 11.8 Å². The lowest BCUT2D eigenvalue weighted by Gasteiger charge is -2.35. The van der Waals surface area contributed by atoms with Crippen LogP contribution in [0.15, 0.2) is 0 Å². The maximum absolute atomic E-state index is 11.7. The second-order valence-electron chi connectivity index (χ2n) is 10.1. The SMILES string of the molecule is CCCCCCC(CCCSCCCCCCOC(=O)C(C)(C)Br)C(C)(C)CCC. The highest BCUT2D eigenvalue weighted by Crippen LogP contribution is 2.38. The number of carbonyl (C=O) groups is 1. The van der Waals surface area contributed by atoms with Gasteiger partial charge in [-0.25, -0.2) is 0 Å². The average molecular weight is 508 g/mol. The second kappa shape index (κ2) is 17.8. The number of hydrogen-bond donors (Lipinski definition) is 0. The van der Waals surface area contributed by atoms with Crippen LogP contribution >= 0.6 is 27.7 Å². The van der Waals surface area contributed by atoms with Crippen molar-refractivity contribution < 1.29 is 9.53 Å². The van der Waals surface area contributed by atoms with E-state index in [9.17, 15) is 4.79 Å². The molecule has 30 heavy (non-hydrogen) atoms. The van der Waals surface area contributed by atoms with Crippen molar-refractivity contribution in [3.05, 3.63) is 0 Å². The van der Waals surface area contributed by atoms with E-state index in [0.29, 0.717) is 12.0 Å². The van der Waals surface area contributed by atoms with Crippen molar-refractivity contribution in [1.29, 1.82) is 0 Å². The quantitative estimate of drug-likeness (QED) is 0.0933. The van der Waals surface area contributed by atoms with Gasteiger partial charge in [0, 0.05) is 0 Å². The number of halogens is 1. The summed E-state index contributed by atoms with van der Waals surface area (Å²) < 4.78 is 4.72. The topological polar surface area (TPSA) is 26.3 Å². The van der Waals surface area contributed by atoms with Gasteiger partial charge in [0.15, 0.2) is 0 Å². The number of ether oxygens (including phenoxy) is 1. The summed E-state index contributed by atoms with van der Waals surface area (Å²) in [5.41, 5.74) is 0.499. The van der Waals surface area contributed by atoms with Crippen LogP contribution in [0.1, 0.15) is 125 Å². The lowest BCUT2D eigenvalue weighted by molar-refractivity contribution is -0.145. The molecule has 180 valence electrons. The number of rotatable bonds is 20. The molecule has 0 heterocycles. The van der Waals surface area contributed by atoms with Crippen molar-refractivity contribution in [2.75, 3.05) is 18.1 Å². The van der Waals surface area contributed by atoms with E-state index in [-0.39, 0.29) is 5.97 Å². The van der Waals surface area contributed by atoms with E-state index in [1.54, 1.807) is 0 Å². The number of carbonyl (C=O) groups excluding carboxylic acids is 1. The van der Waals surface area contributed by atoms with Crippen LogP contribution in [0, 0.1) is 11.3 Å². The molecule has 1 unspecified atom stereocenters. The van der Waals surface area contributed by atoms with Crippen molar-refractivity contribution in [1.82, 2.24) is 0 Å². The molecular formula is C26H51BrO2S. The van der Waals surface area contributed by atoms with Crippen LogP contribution in [-0.4, -0.2) is 28.4 Å². The van der Waals surface area contributed by atoms with E-state index < -0.39 is 4.32 Å². The lowest BCUT2D eigenvalue weighted by Crippen LogP contribution is -2.26. The first-order valence-electron chi connectivity index (χ1n) is 12.6. The molecule has 2 nitrogen and oxygen atoms in total. The van der Waals surface area contributed by atoms with Crippen LogP contribution < -0.4 is 0 Å². The third kappa shape index (κ3) is 16.0. The Hall–Kier alpha value is 0.300. The summed E-state index contributed by atoms with van der Waals surface area (Å²) in [6.07, 6.45) is 17.1. The first-order valence-corrected chi connectivity index (χ1v) is 14.5. The van der Waals surface area contributed by atoms with Crippen LogP contribution in [0.4, 0.5) is 0 Å². The van der Waals surface area contributed by atoms with E-state index in [1.807, 2.05) is 13.8 Å². The van der Waals surface area contributed by atoms with Gasteiger partial charge in [-0.1, -0.05) is 88.6 Å². The number of unbranched alkanes of at least 4 members (excludes halogenated alkanes) is 6. The van der Waals surface area contributed by atoms with Crippen molar-refractivity contribution in [3.8, 4) is 0 Å². The molecule has 0 radical (unpaired) electrons. The molecule has 1 atom stereocenters. The highest BCUT2D eigenvalue weighted by molar-refractivity contribution is 9.10. The maximum atomic E-state index is 11.7. The highest BCUT2D eigenvalue weighted by atomic mass is 79.9. The minimum atomic E-state index is -0.566. The van der Waals surface area contributed by atoms with E-state index >= 15 is 0 Å². The molecule has 0 aromatic heterocycles. The van der Waals surface area contributed by atoms with Gasteiger partial charge in [-0.05, 0) is 75.2 Å². The highest BCUT2D eigenvalue weighted by Gasteiger charge is 2.27. The fourth-order valence-corrected chi connectivity index (χ4v) is 5.22. The van der Waals surface area contributed by atoms with Crippen molar-refractivity contribution >= 4 is 33.7 Å². The predicted octanol–water partition coefficient (Wildman–Crippen LogP) is 9.19. The van der Waals surface area contributed by atoms with Gasteiger partial charge >= 0.3 is 5.97 Å². The third-order valence-electron chi connectivity index (χ3n) is 6.15. The number of hydrogen-bond acceptors (Lipinski definition) is 3. The average Bonchev–Trinajstić information content (AvgIpc) is 2.66. The Balaban J connectivity index is 3.81. The summed E-state index contributed by atoms with van der Waals surface area (Å²) in [6, 6.07) is 0. The molecule has 0 rings (SSSR count). The predicted molar refractivity (Wildman–Crippen MR) is 140 cm³/mol. The van der Waals surface area contributed by atoms with Crippen molar-refractivity contribution in [2.24, 2.45) is 11.3 Å². The summed E-state index contributed by atoms with van der Waals surface area (Å²) in [6.45, 7) is 13.8. The molecule has 0 aliphatic heterocycles. The molecule has 0 saturated carbocycles. The van der Waals surface area contributed by atoms with Crippen LogP contribution in [0.25, 0.3) is 0 Å². The standard InChI is InChI=1S/C26H51BrO2S/c1-7-9-10-13-17-23(25(3,4)19-8-2)18-16-22-30-21-15-12-11-14-20-29-24(28)26(5,6)27/h23H,7-22H2,1-6H3. The Morgan fingerprint density at radius 2 is 1.43 bits per heavy atom. The summed E-state index contributed by atoms with van der Waals surface area (Å²) >= 11 is 5.47. The zero-order valence-electron chi connectivity index (χ0n) is 21.0. The number of alkyl halides is 1. The summed E-state index contributed by atoms with van der Waals surface area (Å²) in [4.78, 5) is 11.7.